The minimum Gasteiger partial charge on any atom is -0.449 e. The molecule has 0 saturated carbocycles. The number of esters is 1. The Kier molecular flexibility index (Phi) is 6.93. The average Bonchev–Trinajstić information content (AvgIpc) is 2.66. The van der Waals surface area contributed by atoms with Crippen LogP contribution in [0, 0.1) is 19.3 Å². The van der Waals surface area contributed by atoms with Crippen LogP contribution in [0.2, 0.25) is 0 Å². The number of carbonyl (C=O) groups is 2. The summed E-state index contributed by atoms with van der Waals surface area (Å²) < 4.78 is 31.3. The number of sulfonamides is 1. The van der Waals surface area contributed by atoms with Crippen molar-refractivity contribution in [1.82, 2.24) is 4.72 Å². The normalized spacial score (nSPS) is 11.9. The second kappa shape index (κ2) is 9.17. The van der Waals surface area contributed by atoms with Crippen molar-refractivity contribution < 1.29 is 22.7 Å². The number of rotatable bonds is 7. The topological polar surface area (TPSA) is 102 Å². The molecule has 0 aromatic heterocycles. The molecule has 2 aromatic rings. The summed E-state index contributed by atoms with van der Waals surface area (Å²) in [4.78, 5) is 24.4. The van der Waals surface area contributed by atoms with Gasteiger partial charge < -0.3 is 10.1 Å². The number of carbonyl (C=O) groups excluding carboxylic acids is 2. The number of benzene rings is 2. The summed E-state index contributed by atoms with van der Waals surface area (Å²) in [5, 5.41) is 2.67. The second-order valence-corrected chi connectivity index (χ2v) is 7.73. The van der Waals surface area contributed by atoms with E-state index < -0.39 is 28.0 Å². The van der Waals surface area contributed by atoms with E-state index in [-0.39, 0.29) is 17.0 Å². The van der Waals surface area contributed by atoms with Crippen LogP contribution in [-0.4, -0.2) is 32.9 Å². The molecule has 1 unspecified atom stereocenters. The van der Waals surface area contributed by atoms with Gasteiger partial charge in [-0.05, 0) is 55.8 Å². The third-order valence-corrected chi connectivity index (χ3v) is 5.12. The summed E-state index contributed by atoms with van der Waals surface area (Å²) in [5.74, 6) is 0.955. The van der Waals surface area contributed by atoms with Gasteiger partial charge in [0, 0.05) is 5.69 Å². The fraction of sp³-hybridized carbons (Fsp3) is 0.200. The van der Waals surface area contributed by atoms with Crippen LogP contribution < -0.4 is 10.0 Å². The molecule has 146 valence electrons. The first kappa shape index (κ1) is 21.2. The summed E-state index contributed by atoms with van der Waals surface area (Å²) in [5.41, 5.74) is 1.70. The summed E-state index contributed by atoms with van der Waals surface area (Å²) in [7, 11) is -3.75. The Hall–Kier alpha value is -3.15. The summed E-state index contributed by atoms with van der Waals surface area (Å²) in [6.45, 7) is 3.20. The van der Waals surface area contributed by atoms with E-state index in [2.05, 4.69) is 16.0 Å². The van der Waals surface area contributed by atoms with E-state index in [9.17, 15) is 18.0 Å². The minimum atomic E-state index is -3.75. The van der Waals surface area contributed by atoms with E-state index in [4.69, 9.17) is 11.2 Å². The van der Waals surface area contributed by atoms with Crippen molar-refractivity contribution in [3.63, 3.8) is 0 Å². The van der Waals surface area contributed by atoms with Gasteiger partial charge in [-0.15, -0.1) is 6.42 Å². The Balaban J connectivity index is 2.00. The molecule has 0 aliphatic carbocycles. The molecule has 0 saturated heterocycles. The van der Waals surface area contributed by atoms with Gasteiger partial charge in [-0.3, -0.25) is 4.79 Å². The molecule has 0 aliphatic rings. The van der Waals surface area contributed by atoms with Gasteiger partial charge >= 0.3 is 5.97 Å². The molecule has 0 spiro atoms. The van der Waals surface area contributed by atoms with Gasteiger partial charge in [0.1, 0.15) is 0 Å². The van der Waals surface area contributed by atoms with Gasteiger partial charge in [0.25, 0.3) is 5.91 Å². The Morgan fingerprint density at radius 1 is 1.18 bits per heavy atom. The molecule has 8 heteroatoms. The lowest BCUT2D eigenvalue weighted by atomic mass is 10.2. The van der Waals surface area contributed by atoms with Gasteiger partial charge in [-0.1, -0.05) is 18.1 Å². The van der Waals surface area contributed by atoms with Crippen molar-refractivity contribution in [3.05, 3.63) is 59.7 Å². The number of aryl methyl sites for hydroxylation is 1. The van der Waals surface area contributed by atoms with Crippen molar-refractivity contribution in [1.29, 1.82) is 0 Å². The lowest BCUT2D eigenvalue weighted by Crippen LogP contribution is -2.30. The van der Waals surface area contributed by atoms with E-state index in [0.29, 0.717) is 5.69 Å². The van der Waals surface area contributed by atoms with Crippen molar-refractivity contribution in [2.24, 2.45) is 0 Å². The van der Waals surface area contributed by atoms with Crippen LogP contribution in [0.25, 0.3) is 0 Å². The van der Waals surface area contributed by atoms with Crippen LogP contribution in [0.4, 0.5) is 5.69 Å². The Labute approximate surface area is 164 Å². The molecule has 1 atom stereocenters. The number of amides is 1. The van der Waals surface area contributed by atoms with Crippen LogP contribution in [0.1, 0.15) is 22.8 Å². The minimum absolute atomic E-state index is 0.0375. The molecule has 2 aromatic carbocycles. The van der Waals surface area contributed by atoms with E-state index in [0.717, 1.165) is 5.56 Å². The first-order valence-corrected chi connectivity index (χ1v) is 9.83. The Morgan fingerprint density at radius 2 is 1.86 bits per heavy atom. The van der Waals surface area contributed by atoms with E-state index in [1.54, 1.807) is 18.2 Å². The summed E-state index contributed by atoms with van der Waals surface area (Å²) >= 11 is 0. The number of nitrogens with one attached hydrogen (secondary N) is 2. The second-order valence-electron chi connectivity index (χ2n) is 5.96. The maximum Gasteiger partial charge on any atom is 0.338 e. The van der Waals surface area contributed by atoms with Crippen molar-refractivity contribution in [2.75, 3.05) is 11.9 Å². The molecule has 1 amide bonds. The Bertz CT molecular complexity index is 1010. The highest BCUT2D eigenvalue weighted by Gasteiger charge is 2.20. The molecule has 0 radical (unpaired) electrons. The first-order valence-electron chi connectivity index (χ1n) is 8.34. The number of anilines is 1. The molecule has 7 nitrogen and oxygen atoms in total. The van der Waals surface area contributed by atoms with Gasteiger partial charge in [-0.25, -0.2) is 13.2 Å². The van der Waals surface area contributed by atoms with Crippen LogP contribution in [0.3, 0.4) is 0 Å². The zero-order valence-corrected chi connectivity index (χ0v) is 16.2. The fourth-order valence-corrected chi connectivity index (χ4v) is 3.17. The third-order valence-electron chi connectivity index (χ3n) is 3.70. The van der Waals surface area contributed by atoms with Crippen LogP contribution in [0.5, 0.6) is 0 Å². The zero-order chi connectivity index (χ0) is 20.7. The van der Waals surface area contributed by atoms with Crippen molar-refractivity contribution >= 4 is 27.6 Å². The standard InChI is InChI=1S/C20H20N2O5S/c1-4-12-21-28(25,26)18-10-8-16(9-11-18)20(24)27-15(3)19(23)22-17-7-5-6-14(2)13-17/h1,5-11,13,15,21H,12H2,2-3H3,(H,22,23). The largest absolute Gasteiger partial charge is 0.449 e. The molecule has 0 aliphatic heterocycles. The molecule has 0 heterocycles. The van der Waals surface area contributed by atoms with E-state index in [1.807, 2.05) is 13.0 Å². The smallest absolute Gasteiger partial charge is 0.338 e. The van der Waals surface area contributed by atoms with Crippen molar-refractivity contribution in [3.8, 4) is 12.3 Å². The molecule has 0 bridgehead atoms. The van der Waals surface area contributed by atoms with Crippen LogP contribution in [0.15, 0.2) is 53.4 Å². The average molecular weight is 400 g/mol. The van der Waals surface area contributed by atoms with Gasteiger partial charge in [-0.2, -0.15) is 4.72 Å². The van der Waals surface area contributed by atoms with Gasteiger partial charge in [0.15, 0.2) is 6.10 Å². The van der Waals surface area contributed by atoms with Crippen molar-refractivity contribution in [2.45, 2.75) is 24.8 Å². The number of terminal acetylenes is 1. The Morgan fingerprint density at radius 3 is 2.46 bits per heavy atom. The molecule has 2 rings (SSSR count). The number of hydrogen-bond acceptors (Lipinski definition) is 5. The number of hydrogen-bond donors (Lipinski definition) is 2. The zero-order valence-electron chi connectivity index (χ0n) is 15.4. The highest BCUT2D eigenvalue weighted by atomic mass is 32.2. The fourth-order valence-electron chi connectivity index (χ4n) is 2.24. The maximum absolute atomic E-state index is 12.2. The monoisotopic (exact) mass is 400 g/mol. The summed E-state index contributed by atoms with van der Waals surface area (Å²) in [6.07, 6.45) is 4.00. The SMILES string of the molecule is C#CCNS(=O)(=O)c1ccc(C(=O)OC(C)C(=O)Nc2cccc(C)c2)cc1. The van der Waals surface area contributed by atoms with E-state index in [1.165, 1.54) is 31.2 Å². The predicted octanol–water partition coefficient (Wildman–Crippen LogP) is 2.09. The molecule has 2 N–H and O–H groups in total. The van der Waals surface area contributed by atoms with Gasteiger partial charge in [0.05, 0.1) is 17.0 Å². The molecule has 0 fully saturated rings. The molecule has 28 heavy (non-hydrogen) atoms. The molecular formula is C20H20N2O5S. The molecular weight excluding hydrogens is 380 g/mol. The van der Waals surface area contributed by atoms with Crippen LogP contribution in [-0.2, 0) is 19.6 Å². The van der Waals surface area contributed by atoms with Gasteiger partial charge in [0.2, 0.25) is 10.0 Å². The van der Waals surface area contributed by atoms with E-state index >= 15 is 0 Å². The highest BCUT2D eigenvalue weighted by molar-refractivity contribution is 7.89. The van der Waals surface area contributed by atoms with Crippen LogP contribution >= 0.6 is 0 Å². The maximum atomic E-state index is 12.2. The number of ether oxygens (including phenoxy) is 1. The summed E-state index contributed by atoms with van der Waals surface area (Å²) in [6, 6.07) is 12.3. The predicted molar refractivity (Wildman–Crippen MR) is 105 cm³/mol. The lowest BCUT2D eigenvalue weighted by molar-refractivity contribution is -0.123. The highest BCUT2D eigenvalue weighted by Crippen LogP contribution is 2.13. The third kappa shape index (κ3) is 5.67. The quantitative estimate of drug-likeness (QED) is 0.547. The lowest BCUT2D eigenvalue weighted by Gasteiger charge is -2.14. The first-order chi connectivity index (χ1) is 13.2.